The first-order chi connectivity index (χ1) is 9.76. The molecule has 1 heterocycles. The Bertz CT molecular complexity index is 517. The summed E-state index contributed by atoms with van der Waals surface area (Å²) in [6.45, 7) is 7.28. The average molecular weight is 293 g/mol. The first kappa shape index (κ1) is 15.6. The van der Waals surface area contributed by atoms with E-state index in [9.17, 15) is 15.0 Å². The largest absolute Gasteiger partial charge is 0.478 e. The number of β-amino-alcohol motifs (C(OH)–C–C–N with tert-alkyl or cyclic N) is 1. The van der Waals surface area contributed by atoms with Crippen molar-refractivity contribution in [1.29, 1.82) is 0 Å². The molecular formula is C15H23N3O3. The number of carbonyl (C=O) groups is 1. The number of hydrogen-bond acceptors (Lipinski definition) is 5. The molecule has 1 aromatic carbocycles. The van der Waals surface area contributed by atoms with Gasteiger partial charge in [-0.25, -0.2) is 4.79 Å². The van der Waals surface area contributed by atoms with Crippen LogP contribution in [0.15, 0.2) is 18.2 Å². The fraction of sp³-hybridized carbons (Fsp3) is 0.533. The maximum Gasteiger partial charge on any atom is 0.337 e. The van der Waals surface area contributed by atoms with Gasteiger partial charge in [0.1, 0.15) is 0 Å². The van der Waals surface area contributed by atoms with Gasteiger partial charge in [0.2, 0.25) is 0 Å². The quantitative estimate of drug-likeness (QED) is 0.713. The van der Waals surface area contributed by atoms with Crippen LogP contribution in [0.1, 0.15) is 24.2 Å². The van der Waals surface area contributed by atoms with Crippen LogP contribution in [-0.2, 0) is 0 Å². The molecule has 0 radical (unpaired) electrons. The highest BCUT2D eigenvalue weighted by Gasteiger charge is 2.24. The van der Waals surface area contributed by atoms with Crippen molar-refractivity contribution in [3.8, 4) is 0 Å². The van der Waals surface area contributed by atoms with E-state index < -0.39 is 11.6 Å². The SMILES string of the molecule is CC(C)(O)CN1CCN(c2ccc(N)cc2C(=O)O)CC1. The normalized spacial score (nSPS) is 17.0. The number of nitrogens with zero attached hydrogens (tertiary/aromatic N) is 2. The smallest absolute Gasteiger partial charge is 0.337 e. The summed E-state index contributed by atoms with van der Waals surface area (Å²) in [5.41, 5.74) is 6.36. The standard InChI is InChI=1S/C15H23N3O3/c1-15(2,21)10-17-5-7-18(8-6-17)13-4-3-11(16)9-12(13)14(19)20/h3-4,9,21H,5-8,10,16H2,1-2H3,(H,19,20). The van der Waals surface area contributed by atoms with Crippen molar-refractivity contribution in [2.24, 2.45) is 0 Å². The second kappa shape index (κ2) is 5.91. The highest BCUT2D eigenvalue weighted by molar-refractivity contribution is 5.95. The molecule has 0 amide bonds. The van der Waals surface area contributed by atoms with Crippen LogP contribution in [0, 0.1) is 0 Å². The number of carboxylic acids is 1. The fourth-order valence-electron chi connectivity index (χ4n) is 2.69. The molecule has 0 bridgehead atoms. The second-order valence-electron chi connectivity index (χ2n) is 6.16. The molecule has 1 aliphatic heterocycles. The third-order valence-electron chi connectivity index (χ3n) is 3.57. The van der Waals surface area contributed by atoms with Crippen molar-refractivity contribution < 1.29 is 15.0 Å². The Hall–Kier alpha value is -1.79. The predicted molar refractivity (Wildman–Crippen MR) is 82.8 cm³/mol. The molecule has 6 heteroatoms. The lowest BCUT2D eigenvalue weighted by Crippen LogP contribution is -2.50. The maximum atomic E-state index is 11.3. The number of carboxylic acid groups (broad SMARTS) is 1. The number of rotatable bonds is 4. The van der Waals surface area contributed by atoms with Crippen molar-refractivity contribution in [3.63, 3.8) is 0 Å². The van der Waals surface area contributed by atoms with Gasteiger partial charge in [0.05, 0.1) is 16.9 Å². The minimum atomic E-state index is -0.962. The van der Waals surface area contributed by atoms with Crippen molar-refractivity contribution in [2.75, 3.05) is 43.4 Å². The van der Waals surface area contributed by atoms with Gasteiger partial charge >= 0.3 is 5.97 Å². The summed E-state index contributed by atoms with van der Waals surface area (Å²) in [5.74, 6) is -0.962. The van der Waals surface area contributed by atoms with Gasteiger partial charge in [-0.1, -0.05) is 0 Å². The van der Waals surface area contributed by atoms with E-state index in [-0.39, 0.29) is 5.56 Å². The Balaban J connectivity index is 2.07. The van der Waals surface area contributed by atoms with Crippen LogP contribution in [0.3, 0.4) is 0 Å². The first-order valence-electron chi connectivity index (χ1n) is 7.09. The maximum absolute atomic E-state index is 11.3. The van der Waals surface area contributed by atoms with Crippen molar-refractivity contribution in [3.05, 3.63) is 23.8 Å². The number of nitrogen functional groups attached to an aromatic ring is 1. The molecule has 1 saturated heterocycles. The number of aromatic carboxylic acids is 1. The molecular weight excluding hydrogens is 270 g/mol. The molecule has 0 unspecified atom stereocenters. The summed E-state index contributed by atoms with van der Waals surface area (Å²) in [7, 11) is 0. The van der Waals surface area contributed by atoms with Crippen LogP contribution in [0.4, 0.5) is 11.4 Å². The first-order valence-corrected chi connectivity index (χ1v) is 7.09. The molecule has 0 saturated carbocycles. The molecule has 0 aliphatic carbocycles. The van der Waals surface area contributed by atoms with Crippen molar-refractivity contribution >= 4 is 17.3 Å². The van der Waals surface area contributed by atoms with Gasteiger partial charge in [0, 0.05) is 38.4 Å². The van der Waals surface area contributed by atoms with E-state index in [0.717, 1.165) is 26.2 Å². The zero-order valence-corrected chi connectivity index (χ0v) is 12.5. The third-order valence-corrected chi connectivity index (χ3v) is 3.57. The average Bonchev–Trinajstić information content (AvgIpc) is 2.38. The summed E-state index contributed by atoms with van der Waals surface area (Å²) < 4.78 is 0. The Labute approximate surface area is 124 Å². The minimum absolute atomic E-state index is 0.242. The Kier molecular flexibility index (Phi) is 4.39. The minimum Gasteiger partial charge on any atom is -0.478 e. The number of benzene rings is 1. The molecule has 0 spiro atoms. The zero-order valence-electron chi connectivity index (χ0n) is 12.5. The summed E-state index contributed by atoms with van der Waals surface area (Å²) in [5, 5.41) is 19.2. The van der Waals surface area contributed by atoms with Crippen LogP contribution in [0.5, 0.6) is 0 Å². The highest BCUT2D eigenvalue weighted by Crippen LogP contribution is 2.24. The third kappa shape index (κ3) is 4.09. The molecule has 21 heavy (non-hydrogen) atoms. The van der Waals surface area contributed by atoms with E-state index in [1.54, 1.807) is 26.0 Å². The Morgan fingerprint density at radius 1 is 1.29 bits per heavy atom. The zero-order chi connectivity index (χ0) is 15.6. The van der Waals surface area contributed by atoms with Crippen molar-refractivity contribution in [2.45, 2.75) is 19.4 Å². The Morgan fingerprint density at radius 3 is 2.43 bits per heavy atom. The van der Waals surface area contributed by atoms with Gasteiger partial charge in [-0.3, -0.25) is 4.90 Å². The number of piperazine rings is 1. The van der Waals surface area contributed by atoms with E-state index in [2.05, 4.69) is 9.80 Å². The molecule has 0 aromatic heterocycles. The lowest BCUT2D eigenvalue weighted by atomic mass is 10.1. The van der Waals surface area contributed by atoms with Crippen LogP contribution >= 0.6 is 0 Å². The molecule has 2 rings (SSSR count). The molecule has 1 fully saturated rings. The number of anilines is 2. The summed E-state index contributed by atoms with van der Waals surface area (Å²) in [6.07, 6.45) is 0. The number of hydrogen-bond donors (Lipinski definition) is 3. The molecule has 6 nitrogen and oxygen atoms in total. The van der Waals surface area contributed by atoms with Gasteiger partial charge in [-0.2, -0.15) is 0 Å². The number of nitrogens with two attached hydrogens (primary N) is 1. The molecule has 1 aliphatic rings. The van der Waals surface area contributed by atoms with Gasteiger partial charge in [0.15, 0.2) is 0 Å². The summed E-state index contributed by atoms with van der Waals surface area (Å²) >= 11 is 0. The highest BCUT2D eigenvalue weighted by atomic mass is 16.4. The van der Waals surface area contributed by atoms with Crippen LogP contribution in [0.2, 0.25) is 0 Å². The number of aliphatic hydroxyl groups is 1. The van der Waals surface area contributed by atoms with Crippen LogP contribution < -0.4 is 10.6 Å². The predicted octanol–water partition coefficient (Wildman–Crippen LogP) is 0.860. The van der Waals surface area contributed by atoms with Crippen LogP contribution in [-0.4, -0.2) is 59.4 Å². The summed E-state index contributed by atoms with van der Waals surface area (Å²) in [4.78, 5) is 15.6. The molecule has 0 atom stereocenters. The lowest BCUT2D eigenvalue weighted by molar-refractivity contribution is 0.0345. The van der Waals surface area contributed by atoms with Crippen LogP contribution in [0.25, 0.3) is 0 Å². The molecule has 4 N–H and O–H groups in total. The molecule has 116 valence electrons. The van der Waals surface area contributed by atoms with E-state index in [1.165, 1.54) is 6.07 Å². The van der Waals surface area contributed by atoms with Gasteiger partial charge < -0.3 is 20.8 Å². The van der Waals surface area contributed by atoms with Gasteiger partial charge in [0.25, 0.3) is 0 Å². The van der Waals surface area contributed by atoms with E-state index in [4.69, 9.17) is 5.73 Å². The lowest BCUT2D eigenvalue weighted by Gasteiger charge is -2.38. The second-order valence-corrected chi connectivity index (χ2v) is 6.16. The Morgan fingerprint density at radius 2 is 1.90 bits per heavy atom. The van der Waals surface area contributed by atoms with E-state index in [0.29, 0.717) is 17.9 Å². The van der Waals surface area contributed by atoms with Gasteiger partial charge in [-0.15, -0.1) is 0 Å². The van der Waals surface area contributed by atoms with E-state index in [1.807, 2.05) is 0 Å². The molecule has 1 aromatic rings. The van der Waals surface area contributed by atoms with E-state index >= 15 is 0 Å². The fourth-order valence-corrected chi connectivity index (χ4v) is 2.69. The van der Waals surface area contributed by atoms with Gasteiger partial charge in [-0.05, 0) is 32.0 Å². The van der Waals surface area contributed by atoms with Crippen molar-refractivity contribution in [1.82, 2.24) is 4.90 Å². The topological polar surface area (TPSA) is 90.0 Å². The monoisotopic (exact) mass is 293 g/mol. The summed E-state index contributed by atoms with van der Waals surface area (Å²) in [6, 6.07) is 5.00.